The SMILES string of the molecule is CSC(=NC(=NC#N)c1ccc(Cl)cc1)SC. The number of hydrogen-bond acceptors (Lipinski definition) is 4. The summed E-state index contributed by atoms with van der Waals surface area (Å²) in [5, 5.41) is 9.31. The molecule has 1 rings (SSSR count). The molecule has 0 bridgehead atoms. The van der Waals surface area contributed by atoms with Gasteiger partial charge in [0.15, 0.2) is 5.84 Å². The van der Waals surface area contributed by atoms with Gasteiger partial charge < -0.3 is 0 Å². The highest BCUT2D eigenvalue weighted by atomic mass is 35.5. The molecule has 17 heavy (non-hydrogen) atoms. The number of rotatable bonds is 1. The predicted molar refractivity (Wildman–Crippen MR) is 78.1 cm³/mol. The minimum Gasteiger partial charge on any atom is -0.214 e. The lowest BCUT2D eigenvalue weighted by atomic mass is 10.2. The number of hydrogen-bond donors (Lipinski definition) is 0. The van der Waals surface area contributed by atoms with Crippen molar-refractivity contribution < 1.29 is 0 Å². The van der Waals surface area contributed by atoms with Gasteiger partial charge in [-0.25, -0.2) is 4.99 Å². The number of nitriles is 1. The van der Waals surface area contributed by atoms with E-state index >= 15 is 0 Å². The third kappa shape index (κ3) is 4.43. The fraction of sp³-hybridized carbons (Fsp3) is 0.182. The van der Waals surface area contributed by atoms with E-state index in [-0.39, 0.29) is 0 Å². The van der Waals surface area contributed by atoms with Gasteiger partial charge in [-0.15, -0.1) is 23.5 Å². The Hall–Kier alpha value is -0.960. The maximum atomic E-state index is 8.66. The monoisotopic (exact) mass is 283 g/mol. The Morgan fingerprint density at radius 1 is 1.24 bits per heavy atom. The Bertz CT molecular complexity index is 468. The number of aliphatic imine (C=N–C) groups is 2. The van der Waals surface area contributed by atoms with Gasteiger partial charge in [0.05, 0.1) is 0 Å². The molecule has 0 aliphatic rings. The molecule has 0 aliphatic heterocycles. The van der Waals surface area contributed by atoms with E-state index in [0.29, 0.717) is 10.9 Å². The van der Waals surface area contributed by atoms with Gasteiger partial charge in [0.1, 0.15) is 4.38 Å². The van der Waals surface area contributed by atoms with Crippen molar-refractivity contribution in [3.8, 4) is 6.19 Å². The van der Waals surface area contributed by atoms with E-state index in [2.05, 4.69) is 9.98 Å². The molecule has 0 aromatic heterocycles. The predicted octanol–water partition coefficient (Wildman–Crippen LogP) is 3.65. The highest BCUT2D eigenvalue weighted by Gasteiger charge is 2.04. The maximum absolute atomic E-state index is 8.66. The number of benzene rings is 1. The molecule has 0 saturated heterocycles. The number of halogens is 1. The third-order valence-corrected chi connectivity index (χ3v) is 3.94. The van der Waals surface area contributed by atoms with E-state index in [0.717, 1.165) is 9.94 Å². The molecular weight excluding hydrogens is 274 g/mol. The minimum atomic E-state index is 0.405. The van der Waals surface area contributed by atoms with Crippen molar-refractivity contribution in [2.24, 2.45) is 9.98 Å². The van der Waals surface area contributed by atoms with Crippen molar-refractivity contribution in [1.29, 1.82) is 5.26 Å². The molecule has 88 valence electrons. The molecule has 0 unspecified atom stereocenters. The molecule has 0 spiro atoms. The van der Waals surface area contributed by atoms with Crippen molar-refractivity contribution >= 4 is 45.3 Å². The van der Waals surface area contributed by atoms with Crippen LogP contribution in [0.4, 0.5) is 0 Å². The van der Waals surface area contributed by atoms with Crippen molar-refractivity contribution in [3.05, 3.63) is 34.9 Å². The molecule has 0 saturated carbocycles. The molecule has 1 aromatic carbocycles. The standard InChI is InChI=1S/C11H10ClN3S2/c1-16-11(17-2)15-10(14-7-13)8-3-5-9(12)6-4-8/h3-6H,1-2H3. The molecule has 0 atom stereocenters. The lowest BCUT2D eigenvalue weighted by molar-refractivity contribution is 1.41. The van der Waals surface area contributed by atoms with Crippen LogP contribution in [0.1, 0.15) is 5.56 Å². The normalized spacial score (nSPS) is 10.8. The Morgan fingerprint density at radius 3 is 2.29 bits per heavy atom. The molecule has 0 radical (unpaired) electrons. The highest BCUT2D eigenvalue weighted by molar-refractivity contribution is 8.38. The van der Waals surface area contributed by atoms with Crippen LogP contribution in [-0.2, 0) is 0 Å². The summed E-state index contributed by atoms with van der Waals surface area (Å²) >= 11 is 8.84. The molecule has 0 N–H and O–H groups in total. The molecule has 6 heteroatoms. The first kappa shape index (κ1) is 14.1. The van der Waals surface area contributed by atoms with Gasteiger partial charge in [-0.2, -0.15) is 10.3 Å². The van der Waals surface area contributed by atoms with E-state index < -0.39 is 0 Å². The molecule has 3 nitrogen and oxygen atoms in total. The smallest absolute Gasteiger partial charge is 0.207 e. The van der Waals surface area contributed by atoms with E-state index in [1.54, 1.807) is 30.5 Å². The Balaban J connectivity index is 3.11. The number of nitrogens with zero attached hydrogens (tertiary/aromatic N) is 3. The second-order valence-corrected chi connectivity index (χ2v) is 5.11. The first-order valence-corrected chi connectivity index (χ1v) is 7.43. The van der Waals surface area contributed by atoms with Crippen molar-refractivity contribution in [3.63, 3.8) is 0 Å². The summed E-state index contributed by atoms with van der Waals surface area (Å²) in [4.78, 5) is 8.05. The van der Waals surface area contributed by atoms with Gasteiger partial charge in [-0.1, -0.05) is 11.6 Å². The van der Waals surface area contributed by atoms with Gasteiger partial charge in [-0.3, -0.25) is 0 Å². The average molecular weight is 284 g/mol. The first-order valence-electron chi connectivity index (χ1n) is 4.60. The zero-order valence-corrected chi connectivity index (χ0v) is 11.7. The van der Waals surface area contributed by atoms with E-state index in [1.807, 2.05) is 12.5 Å². The zero-order valence-electron chi connectivity index (χ0n) is 9.35. The van der Waals surface area contributed by atoms with E-state index in [4.69, 9.17) is 16.9 Å². The summed E-state index contributed by atoms with van der Waals surface area (Å²) < 4.78 is 0.856. The summed E-state index contributed by atoms with van der Waals surface area (Å²) in [6, 6.07) is 7.08. The lowest BCUT2D eigenvalue weighted by Gasteiger charge is -2.02. The first-order chi connectivity index (χ1) is 8.21. The van der Waals surface area contributed by atoms with Crippen molar-refractivity contribution in [1.82, 2.24) is 0 Å². The molecule has 1 aromatic rings. The topological polar surface area (TPSA) is 48.5 Å². The van der Waals surface area contributed by atoms with Gasteiger partial charge in [0.2, 0.25) is 6.19 Å². The average Bonchev–Trinajstić information content (AvgIpc) is 2.35. The fourth-order valence-corrected chi connectivity index (χ4v) is 2.21. The Kier molecular flexibility index (Phi) is 6.12. The van der Waals surface area contributed by atoms with Crippen LogP contribution >= 0.6 is 35.1 Å². The summed E-state index contributed by atoms with van der Waals surface area (Å²) in [5.41, 5.74) is 0.775. The van der Waals surface area contributed by atoms with Gasteiger partial charge in [0.25, 0.3) is 0 Å². The van der Waals surface area contributed by atoms with E-state index in [1.165, 1.54) is 23.5 Å². The van der Waals surface area contributed by atoms with Crippen LogP contribution < -0.4 is 0 Å². The Morgan fingerprint density at radius 2 is 1.82 bits per heavy atom. The second-order valence-electron chi connectivity index (χ2n) is 2.83. The van der Waals surface area contributed by atoms with E-state index in [9.17, 15) is 0 Å². The third-order valence-electron chi connectivity index (χ3n) is 1.80. The summed E-state index contributed by atoms with van der Waals surface area (Å²) in [7, 11) is 0. The van der Waals surface area contributed by atoms with Gasteiger partial charge >= 0.3 is 0 Å². The van der Waals surface area contributed by atoms with Crippen LogP contribution in [0.5, 0.6) is 0 Å². The Labute approximate surface area is 114 Å². The number of amidine groups is 1. The summed E-state index contributed by atoms with van der Waals surface area (Å²) in [5.74, 6) is 0.405. The van der Waals surface area contributed by atoms with Gasteiger partial charge in [-0.05, 0) is 36.8 Å². The van der Waals surface area contributed by atoms with Crippen LogP contribution in [-0.4, -0.2) is 22.7 Å². The van der Waals surface area contributed by atoms with Crippen LogP contribution in [0.15, 0.2) is 34.3 Å². The summed E-state index contributed by atoms with van der Waals surface area (Å²) in [6.07, 6.45) is 5.63. The highest BCUT2D eigenvalue weighted by Crippen LogP contribution is 2.15. The van der Waals surface area contributed by atoms with Crippen molar-refractivity contribution in [2.75, 3.05) is 12.5 Å². The van der Waals surface area contributed by atoms with Crippen LogP contribution in [0.2, 0.25) is 5.02 Å². The molecule has 0 fully saturated rings. The lowest BCUT2D eigenvalue weighted by Crippen LogP contribution is -1.99. The molecule has 0 heterocycles. The fourth-order valence-electron chi connectivity index (χ4n) is 1.06. The van der Waals surface area contributed by atoms with Crippen LogP contribution in [0, 0.1) is 11.5 Å². The van der Waals surface area contributed by atoms with Crippen molar-refractivity contribution in [2.45, 2.75) is 0 Å². The molecule has 0 aliphatic carbocycles. The zero-order chi connectivity index (χ0) is 12.7. The minimum absolute atomic E-state index is 0.405. The summed E-state index contributed by atoms with van der Waals surface area (Å²) in [6.45, 7) is 0. The van der Waals surface area contributed by atoms with Crippen LogP contribution in [0.25, 0.3) is 0 Å². The second kappa shape index (κ2) is 7.38. The largest absolute Gasteiger partial charge is 0.214 e. The van der Waals surface area contributed by atoms with Gasteiger partial charge in [0, 0.05) is 10.6 Å². The number of thioether (sulfide) groups is 2. The van der Waals surface area contributed by atoms with Crippen LogP contribution in [0.3, 0.4) is 0 Å². The molecule has 0 amide bonds. The maximum Gasteiger partial charge on any atom is 0.207 e. The quantitative estimate of drug-likeness (QED) is 0.449. The molecular formula is C11H10ClN3S2.